The van der Waals surface area contributed by atoms with E-state index in [0.717, 1.165) is 27.6 Å². The van der Waals surface area contributed by atoms with E-state index < -0.39 is 0 Å². The number of ketones is 1. The minimum Gasteiger partial charge on any atom is -0.294 e. The summed E-state index contributed by atoms with van der Waals surface area (Å²) < 4.78 is 1.12. The predicted molar refractivity (Wildman–Crippen MR) is 95.2 cm³/mol. The molecule has 2 heteroatoms. The lowest BCUT2D eigenvalue weighted by atomic mass is 10.00. The summed E-state index contributed by atoms with van der Waals surface area (Å²) in [6, 6.07) is 4.01. The highest BCUT2D eigenvalue weighted by molar-refractivity contribution is 9.10. The van der Waals surface area contributed by atoms with Crippen LogP contribution in [0.25, 0.3) is 0 Å². The molecule has 0 amide bonds. The van der Waals surface area contributed by atoms with Crippen molar-refractivity contribution in [2.45, 2.75) is 78.6 Å². The molecule has 0 fully saturated rings. The molecule has 0 unspecified atom stereocenters. The van der Waals surface area contributed by atoms with Crippen molar-refractivity contribution in [3.63, 3.8) is 0 Å². The first-order chi connectivity index (χ1) is 10.1. The van der Waals surface area contributed by atoms with Gasteiger partial charge in [-0.3, -0.25) is 4.79 Å². The zero-order valence-corrected chi connectivity index (χ0v) is 15.4. The first kappa shape index (κ1) is 18.4. The van der Waals surface area contributed by atoms with Gasteiger partial charge in [0.05, 0.1) is 0 Å². The molecule has 0 heterocycles. The van der Waals surface area contributed by atoms with Gasteiger partial charge in [0.25, 0.3) is 0 Å². The van der Waals surface area contributed by atoms with Crippen LogP contribution in [0, 0.1) is 13.8 Å². The van der Waals surface area contributed by atoms with Gasteiger partial charge in [0.15, 0.2) is 5.78 Å². The van der Waals surface area contributed by atoms with Crippen molar-refractivity contribution in [2.24, 2.45) is 0 Å². The summed E-state index contributed by atoms with van der Waals surface area (Å²) in [5.74, 6) is 0.291. The maximum atomic E-state index is 12.2. The molecule has 0 atom stereocenters. The van der Waals surface area contributed by atoms with E-state index in [4.69, 9.17) is 0 Å². The van der Waals surface area contributed by atoms with Crippen LogP contribution < -0.4 is 0 Å². The molecule has 0 aliphatic carbocycles. The minimum atomic E-state index is 0.291. The van der Waals surface area contributed by atoms with Crippen molar-refractivity contribution in [3.05, 3.63) is 33.3 Å². The zero-order valence-electron chi connectivity index (χ0n) is 13.8. The van der Waals surface area contributed by atoms with E-state index in [-0.39, 0.29) is 0 Å². The SMILES string of the molecule is CCCCCCCCCCC(=O)c1cc(C)c(Br)c(C)c1. The summed E-state index contributed by atoms with van der Waals surface area (Å²) in [5.41, 5.74) is 3.17. The number of rotatable bonds is 10. The highest BCUT2D eigenvalue weighted by atomic mass is 79.9. The Morgan fingerprint density at radius 2 is 1.38 bits per heavy atom. The van der Waals surface area contributed by atoms with Crippen LogP contribution in [0.5, 0.6) is 0 Å². The van der Waals surface area contributed by atoms with E-state index in [9.17, 15) is 4.79 Å². The number of halogens is 1. The Hall–Kier alpha value is -0.630. The second-order valence-corrected chi connectivity index (χ2v) is 6.87. The van der Waals surface area contributed by atoms with Gasteiger partial charge in [-0.15, -0.1) is 0 Å². The van der Waals surface area contributed by atoms with Crippen molar-refractivity contribution in [1.82, 2.24) is 0 Å². The van der Waals surface area contributed by atoms with Crippen LogP contribution >= 0.6 is 15.9 Å². The number of carbonyl (C=O) groups excluding carboxylic acids is 1. The molecule has 1 aromatic carbocycles. The van der Waals surface area contributed by atoms with Crippen molar-refractivity contribution in [2.75, 3.05) is 0 Å². The summed E-state index contributed by atoms with van der Waals surface area (Å²) in [5, 5.41) is 0. The van der Waals surface area contributed by atoms with Gasteiger partial charge in [-0.25, -0.2) is 0 Å². The Bertz CT molecular complexity index is 428. The first-order valence-electron chi connectivity index (χ1n) is 8.36. The Balaban J connectivity index is 2.25. The summed E-state index contributed by atoms with van der Waals surface area (Å²) in [7, 11) is 0. The van der Waals surface area contributed by atoms with Gasteiger partial charge in [-0.05, 0) is 43.5 Å². The van der Waals surface area contributed by atoms with Gasteiger partial charge in [-0.2, -0.15) is 0 Å². The second kappa shape index (κ2) is 10.2. The summed E-state index contributed by atoms with van der Waals surface area (Å²) in [4.78, 5) is 12.2. The van der Waals surface area contributed by atoms with Crippen LogP contribution in [-0.2, 0) is 0 Å². The maximum Gasteiger partial charge on any atom is 0.162 e. The molecule has 21 heavy (non-hydrogen) atoms. The molecule has 0 saturated carbocycles. The molecule has 1 aromatic rings. The normalized spacial score (nSPS) is 10.9. The van der Waals surface area contributed by atoms with Crippen molar-refractivity contribution in [3.8, 4) is 0 Å². The van der Waals surface area contributed by atoms with E-state index in [1.54, 1.807) is 0 Å². The standard InChI is InChI=1S/C19H29BrO/c1-4-5-6-7-8-9-10-11-12-18(21)17-13-15(2)19(20)16(3)14-17/h13-14H,4-12H2,1-3H3. The van der Waals surface area contributed by atoms with Gasteiger partial charge in [0, 0.05) is 16.5 Å². The zero-order chi connectivity index (χ0) is 15.7. The predicted octanol–water partition coefficient (Wildman–Crippen LogP) is 6.78. The topological polar surface area (TPSA) is 17.1 Å². The molecule has 1 rings (SSSR count). The number of carbonyl (C=O) groups is 1. The Labute approximate surface area is 138 Å². The minimum absolute atomic E-state index is 0.291. The number of hydrogen-bond acceptors (Lipinski definition) is 1. The Morgan fingerprint density at radius 1 is 0.905 bits per heavy atom. The largest absolute Gasteiger partial charge is 0.294 e. The van der Waals surface area contributed by atoms with Crippen LogP contribution in [-0.4, -0.2) is 5.78 Å². The lowest BCUT2D eigenvalue weighted by Crippen LogP contribution is -2.01. The number of Topliss-reactive ketones (excluding diaryl/α,β-unsaturated/α-hetero) is 1. The van der Waals surface area contributed by atoms with Gasteiger partial charge in [-0.1, -0.05) is 67.8 Å². The smallest absolute Gasteiger partial charge is 0.162 e. The third kappa shape index (κ3) is 6.78. The third-order valence-electron chi connectivity index (χ3n) is 4.02. The average Bonchev–Trinajstić information content (AvgIpc) is 2.46. The van der Waals surface area contributed by atoms with E-state index in [1.165, 1.54) is 44.9 Å². The summed E-state index contributed by atoms with van der Waals surface area (Å²) >= 11 is 3.55. The number of benzene rings is 1. The maximum absolute atomic E-state index is 12.2. The Kier molecular flexibility index (Phi) is 8.91. The van der Waals surface area contributed by atoms with E-state index >= 15 is 0 Å². The Morgan fingerprint density at radius 3 is 1.90 bits per heavy atom. The lowest BCUT2D eigenvalue weighted by Gasteiger charge is -2.07. The average molecular weight is 353 g/mol. The number of aryl methyl sites for hydroxylation is 2. The molecule has 0 bridgehead atoms. The molecule has 0 aromatic heterocycles. The van der Waals surface area contributed by atoms with Gasteiger partial charge >= 0.3 is 0 Å². The quantitative estimate of drug-likeness (QED) is 0.335. The second-order valence-electron chi connectivity index (χ2n) is 6.07. The molecule has 0 N–H and O–H groups in total. The molecular weight excluding hydrogens is 324 g/mol. The van der Waals surface area contributed by atoms with E-state index in [0.29, 0.717) is 12.2 Å². The molecular formula is C19H29BrO. The fraction of sp³-hybridized carbons (Fsp3) is 0.632. The van der Waals surface area contributed by atoms with Crippen LogP contribution in [0.3, 0.4) is 0 Å². The highest BCUT2D eigenvalue weighted by Gasteiger charge is 2.09. The number of hydrogen-bond donors (Lipinski definition) is 0. The molecule has 0 radical (unpaired) electrons. The molecule has 118 valence electrons. The number of unbranched alkanes of at least 4 members (excludes halogenated alkanes) is 7. The van der Waals surface area contributed by atoms with Crippen LogP contribution in [0.1, 0.15) is 86.2 Å². The van der Waals surface area contributed by atoms with Crippen LogP contribution in [0.15, 0.2) is 16.6 Å². The highest BCUT2D eigenvalue weighted by Crippen LogP contribution is 2.23. The van der Waals surface area contributed by atoms with Gasteiger partial charge < -0.3 is 0 Å². The molecule has 0 aliphatic heterocycles. The fourth-order valence-corrected chi connectivity index (χ4v) is 2.90. The van der Waals surface area contributed by atoms with Gasteiger partial charge in [0.1, 0.15) is 0 Å². The molecule has 0 spiro atoms. The van der Waals surface area contributed by atoms with Crippen molar-refractivity contribution in [1.29, 1.82) is 0 Å². The van der Waals surface area contributed by atoms with Crippen molar-refractivity contribution >= 4 is 21.7 Å². The van der Waals surface area contributed by atoms with E-state index in [1.807, 2.05) is 26.0 Å². The third-order valence-corrected chi connectivity index (χ3v) is 5.27. The monoisotopic (exact) mass is 352 g/mol. The molecule has 0 aliphatic rings. The van der Waals surface area contributed by atoms with E-state index in [2.05, 4.69) is 22.9 Å². The molecule has 1 nitrogen and oxygen atoms in total. The fourth-order valence-electron chi connectivity index (χ4n) is 2.67. The lowest BCUT2D eigenvalue weighted by molar-refractivity contribution is 0.0979. The van der Waals surface area contributed by atoms with Crippen LogP contribution in [0.4, 0.5) is 0 Å². The van der Waals surface area contributed by atoms with Crippen molar-refractivity contribution < 1.29 is 4.79 Å². The van der Waals surface area contributed by atoms with Gasteiger partial charge in [0.2, 0.25) is 0 Å². The summed E-state index contributed by atoms with van der Waals surface area (Å²) in [6.07, 6.45) is 10.9. The molecule has 0 saturated heterocycles. The summed E-state index contributed by atoms with van der Waals surface area (Å²) in [6.45, 7) is 6.34. The van der Waals surface area contributed by atoms with Crippen LogP contribution in [0.2, 0.25) is 0 Å². The first-order valence-corrected chi connectivity index (χ1v) is 9.15.